The second-order valence-electron chi connectivity index (χ2n) is 3.51. The van der Waals surface area contributed by atoms with Crippen molar-refractivity contribution in [3.63, 3.8) is 0 Å². The normalized spacial score (nSPS) is 14.7. The lowest BCUT2D eigenvalue weighted by atomic mass is 10.1. The Morgan fingerprint density at radius 1 is 1.40 bits per heavy atom. The molecule has 2 rings (SSSR count). The minimum Gasteiger partial charge on any atom is -0.476 e. The second-order valence-corrected chi connectivity index (χ2v) is 3.51. The van der Waals surface area contributed by atoms with Crippen LogP contribution in [0, 0.1) is 0 Å². The predicted molar refractivity (Wildman–Crippen MR) is 50.6 cm³/mol. The van der Waals surface area contributed by atoms with Gasteiger partial charge in [0.05, 0.1) is 5.69 Å². The molecule has 0 radical (unpaired) electrons. The fourth-order valence-electron chi connectivity index (χ4n) is 1.90. The number of primary amides is 1. The van der Waals surface area contributed by atoms with Crippen LogP contribution in [0.1, 0.15) is 39.6 Å². The van der Waals surface area contributed by atoms with Crippen molar-refractivity contribution in [1.82, 2.24) is 9.55 Å². The first-order valence-corrected chi connectivity index (χ1v) is 4.73. The third kappa shape index (κ3) is 1.47. The maximum absolute atomic E-state index is 11.1. The van der Waals surface area contributed by atoms with E-state index in [9.17, 15) is 9.59 Å². The number of hydrogen-bond acceptors (Lipinski definition) is 3. The summed E-state index contributed by atoms with van der Waals surface area (Å²) in [4.78, 5) is 25.7. The van der Waals surface area contributed by atoms with Gasteiger partial charge in [0.25, 0.3) is 5.91 Å². The van der Waals surface area contributed by atoms with Gasteiger partial charge in [-0.3, -0.25) is 4.79 Å². The number of aromatic nitrogens is 2. The number of rotatable bonds is 2. The Bertz CT molecular complexity index is 398. The number of carboxylic acid groups (broad SMARTS) is 1. The number of carbonyl (C=O) groups is 2. The molecule has 0 saturated heterocycles. The largest absolute Gasteiger partial charge is 0.476 e. The van der Waals surface area contributed by atoms with Gasteiger partial charge in [0.2, 0.25) is 0 Å². The van der Waals surface area contributed by atoms with Crippen molar-refractivity contribution in [3.8, 4) is 0 Å². The van der Waals surface area contributed by atoms with Crippen LogP contribution < -0.4 is 5.73 Å². The standard InChI is InChI=1S/C9H11N3O3/c10-7(13)8-11-6(9(14)15)5-3-1-2-4-12(5)8/h1-4H2,(H2,10,13)(H,14,15). The van der Waals surface area contributed by atoms with Crippen LogP contribution in [-0.4, -0.2) is 26.5 Å². The molecule has 0 fully saturated rings. The molecule has 0 atom stereocenters. The van der Waals surface area contributed by atoms with E-state index in [1.807, 2.05) is 0 Å². The van der Waals surface area contributed by atoms with E-state index >= 15 is 0 Å². The van der Waals surface area contributed by atoms with Crippen molar-refractivity contribution in [3.05, 3.63) is 17.2 Å². The van der Waals surface area contributed by atoms with E-state index in [1.54, 1.807) is 4.57 Å². The highest BCUT2D eigenvalue weighted by molar-refractivity contribution is 5.93. The third-order valence-corrected chi connectivity index (χ3v) is 2.54. The van der Waals surface area contributed by atoms with Crippen LogP contribution in [-0.2, 0) is 13.0 Å². The molecular formula is C9H11N3O3. The van der Waals surface area contributed by atoms with Gasteiger partial charge >= 0.3 is 5.97 Å². The van der Waals surface area contributed by atoms with E-state index < -0.39 is 11.9 Å². The highest BCUT2D eigenvalue weighted by Gasteiger charge is 2.25. The highest BCUT2D eigenvalue weighted by Crippen LogP contribution is 2.20. The molecule has 0 bridgehead atoms. The lowest BCUT2D eigenvalue weighted by Gasteiger charge is -2.15. The predicted octanol–water partition coefficient (Wildman–Crippen LogP) is 0.0165. The van der Waals surface area contributed by atoms with E-state index in [0.717, 1.165) is 12.8 Å². The molecular weight excluding hydrogens is 198 g/mol. The molecule has 3 N–H and O–H groups in total. The molecule has 0 spiro atoms. The smallest absolute Gasteiger partial charge is 0.356 e. The van der Waals surface area contributed by atoms with Gasteiger partial charge in [0.15, 0.2) is 11.5 Å². The average Bonchev–Trinajstić information content (AvgIpc) is 2.56. The molecule has 15 heavy (non-hydrogen) atoms. The van der Waals surface area contributed by atoms with Crippen molar-refractivity contribution in [1.29, 1.82) is 0 Å². The van der Waals surface area contributed by atoms with Crippen LogP contribution in [0.3, 0.4) is 0 Å². The van der Waals surface area contributed by atoms with Crippen molar-refractivity contribution in [2.24, 2.45) is 5.73 Å². The minimum absolute atomic E-state index is 0.0384. The molecule has 0 aliphatic carbocycles. The summed E-state index contributed by atoms with van der Waals surface area (Å²) in [5, 5.41) is 8.91. The van der Waals surface area contributed by atoms with Crippen LogP contribution in [0.4, 0.5) is 0 Å². The topological polar surface area (TPSA) is 98.2 Å². The van der Waals surface area contributed by atoms with Gasteiger partial charge < -0.3 is 15.4 Å². The van der Waals surface area contributed by atoms with Gasteiger partial charge in [-0.2, -0.15) is 0 Å². The first-order chi connectivity index (χ1) is 7.11. The molecule has 1 aliphatic rings. The Hall–Kier alpha value is -1.85. The van der Waals surface area contributed by atoms with E-state index in [2.05, 4.69) is 4.98 Å². The summed E-state index contributed by atoms with van der Waals surface area (Å²) in [5.74, 6) is -1.72. The van der Waals surface area contributed by atoms with Crippen molar-refractivity contribution < 1.29 is 14.7 Å². The summed E-state index contributed by atoms with van der Waals surface area (Å²) >= 11 is 0. The number of hydrogen-bond donors (Lipinski definition) is 2. The molecule has 0 aromatic carbocycles. The van der Waals surface area contributed by atoms with Crippen molar-refractivity contribution in [2.45, 2.75) is 25.8 Å². The zero-order valence-electron chi connectivity index (χ0n) is 8.06. The van der Waals surface area contributed by atoms with Crippen LogP contribution in [0.2, 0.25) is 0 Å². The Labute approximate surface area is 85.7 Å². The summed E-state index contributed by atoms with van der Waals surface area (Å²) < 4.78 is 1.62. The summed E-state index contributed by atoms with van der Waals surface area (Å²) in [6, 6.07) is 0. The third-order valence-electron chi connectivity index (χ3n) is 2.54. The van der Waals surface area contributed by atoms with E-state index in [0.29, 0.717) is 18.7 Å². The Morgan fingerprint density at radius 3 is 2.73 bits per heavy atom. The first kappa shape index (κ1) is 9.70. The first-order valence-electron chi connectivity index (χ1n) is 4.73. The van der Waals surface area contributed by atoms with Crippen molar-refractivity contribution in [2.75, 3.05) is 0 Å². The van der Waals surface area contributed by atoms with E-state index in [1.165, 1.54) is 0 Å². The zero-order valence-corrected chi connectivity index (χ0v) is 8.06. The van der Waals surface area contributed by atoms with Crippen molar-refractivity contribution >= 4 is 11.9 Å². The summed E-state index contributed by atoms with van der Waals surface area (Å²) in [5.41, 5.74) is 5.71. The number of amides is 1. The van der Waals surface area contributed by atoms with Gasteiger partial charge in [0.1, 0.15) is 0 Å². The highest BCUT2D eigenvalue weighted by atomic mass is 16.4. The van der Waals surface area contributed by atoms with Gasteiger partial charge in [-0.1, -0.05) is 0 Å². The number of carbonyl (C=O) groups excluding carboxylic acids is 1. The molecule has 80 valence electrons. The zero-order chi connectivity index (χ0) is 11.0. The molecule has 6 heteroatoms. The van der Waals surface area contributed by atoms with E-state index in [-0.39, 0.29) is 11.5 Å². The Morgan fingerprint density at radius 2 is 2.13 bits per heavy atom. The summed E-state index contributed by atoms with van der Waals surface area (Å²) in [7, 11) is 0. The molecule has 1 aromatic rings. The summed E-state index contributed by atoms with van der Waals surface area (Å²) in [6.45, 7) is 0.619. The fraction of sp³-hybridized carbons (Fsp3) is 0.444. The SMILES string of the molecule is NC(=O)c1nc(C(=O)O)c2n1CCCC2. The molecule has 1 aromatic heterocycles. The van der Waals surface area contributed by atoms with Gasteiger partial charge in [-0.05, 0) is 19.3 Å². The maximum atomic E-state index is 11.1. The molecule has 0 unspecified atom stereocenters. The maximum Gasteiger partial charge on any atom is 0.356 e. The molecule has 2 heterocycles. The lowest BCUT2D eigenvalue weighted by molar-refractivity contribution is 0.0689. The van der Waals surface area contributed by atoms with E-state index in [4.69, 9.17) is 10.8 Å². The number of imidazole rings is 1. The number of aromatic carboxylic acids is 1. The molecule has 6 nitrogen and oxygen atoms in total. The van der Waals surface area contributed by atoms with Gasteiger partial charge in [-0.15, -0.1) is 0 Å². The monoisotopic (exact) mass is 209 g/mol. The summed E-state index contributed by atoms with van der Waals surface area (Å²) in [6.07, 6.45) is 2.48. The molecule has 0 saturated carbocycles. The number of carboxylic acids is 1. The number of fused-ring (bicyclic) bond motifs is 1. The lowest BCUT2D eigenvalue weighted by Crippen LogP contribution is -2.21. The Balaban J connectivity index is 2.59. The van der Waals surface area contributed by atoms with Gasteiger partial charge in [-0.25, -0.2) is 9.78 Å². The number of nitrogens with zero attached hydrogens (tertiary/aromatic N) is 2. The van der Waals surface area contributed by atoms with Crippen LogP contribution in [0.15, 0.2) is 0 Å². The van der Waals surface area contributed by atoms with Crippen LogP contribution in [0.25, 0.3) is 0 Å². The quantitative estimate of drug-likeness (QED) is 0.717. The molecule has 1 aliphatic heterocycles. The van der Waals surface area contributed by atoms with Gasteiger partial charge in [0, 0.05) is 6.54 Å². The Kier molecular flexibility index (Phi) is 2.18. The molecule has 1 amide bonds. The van der Waals surface area contributed by atoms with Crippen LogP contribution >= 0.6 is 0 Å². The second kappa shape index (κ2) is 3.38. The average molecular weight is 209 g/mol. The number of nitrogens with two attached hydrogens (primary N) is 1. The van der Waals surface area contributed by atoms with Crippen LogP contribution in [0.5, 0.6) is 0 Å². The fourth-order valence-corrected chi connectivity index (χ4v) is 1.90. The minimum atomic E-state index is -1.10.